The third-order valence-electron chi connectivity index (χ3n) is 4.55. The highest BCUT2D eigenvalue weighted by Crippen LogP contribution is 2.20. The topological polar surface area (TPSA) is 56.7 Å². The molecule has 0 aliphatic carbocycles. The van der Waals surface area contributed by atoms with Crippen LogP contribution in [0.25, 0.3) is 0 Å². The van der Waals surface area contributed by atoms with E-state index in [0.717, 1.165) is 50.4 Å². The molecule has 1 aliphatic heterocycles. The Balaban J connectivity index is 1.86. The summed E-state index contributed by atoms with van der Waals surface area (Å²) in [4.78, 5) is 18.5. The van der Waals surface area contributed by atoms with E-state index in [9.17, 15) is 9.18 Å². The standard InChI is InChI=1S/C19H29FN4O/c1-3-22-19(23-10-7-15-5-4-6-17(20)13-15)24-11-8-16(9-12-24)14-18(25)21-2/h4-6,13,16H,3,7-12,14H2,1-2H3,(H,21,25)(H,22,23). The minimum absolute atomic E-state index is 0.120. The van der Waals surface area contributed by atoms with E-state index >= 15 is 0 Å². The fraction of sp³-hybridized carbons (Fsp3) is 0.579. The van der Waals surface area contributed by atoms with Gasteiger partial charge in [0, 0.05) is 39.6 Å². The van der Waals surface area contributed by atoms with E-state index in [1.807, 2.05) is 6.07 Å². The molecule has 1 aliphatic rings. The van der Waals surface area contributed by atoms with Crippen LogP contribution in [0, 0.1) is 11.7 Å². The number of benzene rings is 1. The van der Waals surface area contributed by atoms with Gasteiger partial charge in [-0.15, -0.1) is 0 Å². The zero-order chi connectivity index (χ0) is 18.1. The number of carbonyl (C=O) groups excluding carboxylic acids is 1. The number of carbonyl (C=O) groups is 1. The van der Waals surface area contributed by atoms with Crippen molar-refractivity contribution < 1.29 is 9.18 Å². The first-order chi connectivity index (χ1) is 12.1. The van der Waals surface area contributed by atoms with Gasteiger partial charge in [0.1, 0.15) is 5.82 Å². The molecule has 6 heteroatoms. The normalized spacial score (nSPS) is 16.0. The van der Waals surface area contributed by atoms with Gasteiger partial charge in [-0.05, 0) is 49.8 Å². The lowest BCUT2D eigenvalue weighted by Gasteiger charge is -2.34. The quantitative estimate of drug-likeness (QED) is 0.612. The number of piperidine rings is 1. The lowest BCUT2D eigenvalue weighted by atomic mass is 9.93. The largest absolute Gasteiger partial charge is 0.359 e. The molecule has 25 heavy (non-hydrogen) atoms. The smallest absolute Gasteiger partial charge is 0.220 e. The van der Waals surface area contributed by atoms with Gasteiger partial charge in [-0.1, -0.05) is 12.1 Å². The summed E-state index contributed by atoms with van der Waals surface area (Å²) in [5, 5.41) is 6.04. The molecule has 1 fully saturated rings. The van der Waals surface area contributed by atoms with Crippen molar-refractivity contribution in [2.24, 2.45) is 10.9 Å². The third-order valence-corrected chi connectivity index (χ3v) is 4.55. The van der Waals surface area contributed by atoms with Crippen molar-refractivity contribution >= 4 is 11.9 Å². The van der Waals surface area contributed by atoms with Gasteiger partial charge in [0.25, 0.3) is 0 Å². The number of nitrogens with zero attached hydrogens (tertiary/aromatic N) is 2. The molecule has 1 aromatic rings. The van der Waals surface area contributed by atoms with Crippen molar-refractivity contribution in [3.63, 3.8) is 0 Å². The first-order valence-corrected chi connectivity index (χ1v) is 9.10. The monoisotopic (exact) mass is 348 g/mol. The maximum Gasteiger partial charge on any atom is 0.220 e. The summed E-state index contributed by atoms with van der Waals surface area (Å²) in [6, 6.07) is 6.68. The molecule has 0 bridgehead atoms. The summed E-state index contributed by atoms with van der Waals surface area (Å²) < 4.78 is 13.2. The maximum atomic E-state index is 13.2. The second-order valence-corrected chi connectivity index (χ2v) is 6.42. The summed E-state index contributed by atoms with van der Waals surface area (Å²) in [5.74, 6) is 1.28. The first kappa shape index (κ1) is 19.2. The molecular formula is C19H29FN4O. The van der Waals surface area contributed by atoms with Crippen LogP contribution in [0.4, 0.5) is 4.39 Å². The predicted molar refractivity (Wildman–Crippen MR) is 99.1 cm³/mol. The van der Waals surface area contributed by atoms with Crippen molar-refractivity contribution in [1.29, 1.82) is 0 Å². The van der Waals surface area contributed by atoms with E-state index in [2.05, 4.69) is 22.5 Å². The molecule has 2 N–H and O–H groups in total. The van der Waals surface area contributed by atoms with Crippen molar-refractivity contribution in [2.75, 3.05) is 33.2 Å². The van der Waals surface area contributed by atoms with Crippen LogP contribution in [0.1, 0.15) is 31.7 Å². The zero-order valence-corrected chi connectivity index (χ0v) is 15.2. The Bertz CT molecular complexity index is 583. The molecule has 0 unspecified atom stereocenters. The minimum Gasteiger partial charge on any atom is -0.359 e. The van der Waals surface area contributed by atoms with Crippen LogP contribution in [0.5, 0.6) is 0 Å². The van der Waals surface area contributed by atoms with E-state index in [1.165, 1.54) is 6.07 Å². The predicted octanol–water partition coefficient (Wildman–Crippen LogP) is 2.18. The second kappa shape index (κ2) is 10.0. The van der Waals surface area contributed by atoms with Crippen LogP contribution in [0.3, 0.4) is 0 Å². The molecule has 138 valence electrons. The molecular weight excluding hydrogens is 319 g/mol. The van der Waals surface area contributed by atoms with Gasteiger partial charge in [-0.3, -0.25) is 9.79 Å². The highest BCUT2D eigenvalue weighted by molar-refractivity contribution is 5.80. The van der Waals surface area contributed by atoms with Gasteiger partial charge >= 0.3 is 0 Å². The number of rotatable bonds is 6. The Labute approximate surface area is 149 Å². The summed E-state index contributed by atoms with van der Waals surface area (Å²) in [7, 11) is 1.69. The second-order valence-electron chi connectivity index (χ2n) is 6.42. The number of likely N-dealkylation sites (tertiary alicyclic amines) is 1. The summed E-state index contributed by atoms with van der Waals surface area (Å²) in [5.41, 5.74) is 0.962. The van der Waals surface area contributed by atoms with Gasteiger partial charge < -0.3 is 15.5 Å². The van der Waals surface area contributed by atoms with Crippen LogP contribution in [0.15, 0.2) is 29.3 Å². The highest BCUT2D eigenvalue weighted by Gasteiger charge is 2.22. The summed E-state index contributed by atoms with van der Waals surface area (Å²) in [6.45, 7) is 5.32. The Kier molecular flexibility index (Phi) is 7.70. The highest BCUT2D eigenvalue weighted by atomic mass is 19.1. The van der Waals surface area contributed by atoms with Gasteiger partial charge in [0.2, 0.25) is 5.91 Å². The number of halogens is 1. The Morgan fingerprint density at radius 3 is 2.76 bits per heavy atom. The average molecular weight is 348 g/mol. The minimum atomic E-state index is -0.202. The van der Waals surface area contributed by atoms with E-state index in [4.69, 9.17) is 4.99 Å². The van der Waals surface area contributed by atoms with Crippen LogP contribution in [-0.2, 0) is 11.2 Å². The van der Waals surface area contributed by atoms with Gasteiger partial charge in [0.15, 0.2) is 5.96 Å². The van der Waals surface area contributed by atoms with Crippen molar-refractivity contribution in [3.05, 3.63) is 35.6 Å². The van der Waals surface area contributed by atoms with Crippen molar-refractivity contribution in [3.8, 4) is 0 Å². The maximum absolute atomic E-state index is 13.2. The Hall–Kier alpha value is -2.11. The average Bonchev–Trinajstić information content (AvgIpc) is 2.62. The lowest BCUT2D eigenvalue weighted by molar-refractivity contribution is -0.121. The fourth-order valence-electron chi connectivity index (χ4n) is 3.12. The Morgan fingerprint density at radius 1 is 1.36 bits per heavy atom. The zero-order valence-electron chi connectivity index (χ0n) is 15.2. The Morgan fingerprint density at radius 2 is 2.12 bits per heavy atom. The number of hydrogen-bond donors (Lipinski definition) is 2. The molecule has 0 spiro atoms. The molecule has 0 atom stereocenters. The number of aliphatic imine (C=N–C) groups is 1. The first-order valence-electron chi connectivity index (χ1n) is 9.10. The molecule has 5 nitrogen and oxygen atoms in total. The van der Waals surface area contributed by atoms with Crippen molar-refractivity contribution in [1.82, 2.24) is 15.5 Å². The SMILES string of the molecule is CCNC(=NCCc1cccc(F)c1)N1CCC(CC(=O)NC)CC1. The number of guanidine groups is 1. The third kappa shape index (κ3) is 6.36. The van der Waals surface area contributed by atoms with Crippen molar-refractivity contribution in [2.45, 2.75) is 32.6 Å². The molecule has 1 amide bonds. The van der Waals surface area contributed by atoms with Gasteiger partial charge in [0.05, 0.1) is 0 Å². The molecule has 0 saturated carbocycles. The number of amides is 1. The molecule has 2 rings (SSSR count). The lowest BCUT2D eigenvalue weighted by Crippen LogP contribution is -2.46. The number of nitrogens with one attached hydrogen (secondary N) is 2. The van der Waals surface area contributed by atoms with E-state index < -0.39 is 0 Å². The van der Waals surface area contributed by atoms with Crippen LogP contribution in [0.2, 0.25) is 0 Å². The van der Waals surface area contributed by atoms with Crippen LogP contribution in [-0.4, -0.2) is 50.0 Å². The van der Waals surface area contributed by atoms with E-state index in [0.29, 0.717) is 18.9 Å². The molecule has 1 aromatic carbocycles. The number of hydrogen-bond acceptors (Lipinski definition) is 2. The summed E-state index contributed by atoms with van der Waals surface area (Å²) >= 11 is 0. The van der Waals surface area contributed by atoms with E-state index in [1.54, 1.807) is 19.2 Å². The van der Waals surface area contributed by atoms with Crippen LogP contribution < -0.4 is 10.6 Å². The van der Waals surface area contributed by atoms with Gasteiger partial charge in [-0.25, -0.2) is 4.39 Å². The molecule has 0 radical (unpaired) electrons. The van der Waals surface area contributed by atoms with Gasteiger partial charge in [-0.2, -0.15) is 0 Å². The molecule has 0 aromatic heterocycles. The molecule has 1 heterocycles. The van der Waals surface area contributed by atoms with Crippen LogP contribution >= 0.6 is 0 Å². The fourth-order valence-corrected chi connectivity index (χ4v) is 3.12. The van der Waals surface area contributed by atoms with E-state index in [-0.39, 0.29) is 11.7 Å². The summed E-state index contributed by atoms with van der Waals surface area (Å²) in [6.07, 6.45) is 3.33. The molecule has 1 saturated heterocycles.